The van der Waals surface area contributed by atoms with E-state index in [2.05, 4.69) is 200 Å². The van der Waals surface area contributed by atoms with Crippen LogP contribution in [-0.2, 0) is 21.7 Å². The molecule has 51 heavy (non-hydrogen) atoms. The molecule has 0 atom stereocenters. The van der Waals surface area contributed by atoms with Crippen molar-refractivity contribution in [2.45, 2.75) is 77.0 Å². The number of para-hydroxylation sites is 1. The van der Waals surface area contributed by atoms with Crippen LogP contribution in [0.2, 0.25) is 0 Å². The molecule has 7 aromatic carbocycles. The van der Waals surface area contributed by atoms with E-state index in [0.29, 0.717) is 0 Å². The molecule has 2 aliphatic carbocycles. The first-order chi connectivity index (χ1) is 24.4. The van der Waals surface area contributed by atoms with Crippen LogP contribution < -0.4 is 4.90 Å². The maximum Gasteiger partial charge on any atom is 0.0540 e. The van der Waals surface area contributed by atoms with Crippen LogP contribution in [-0.4, -0.2) is 0 Å². The number of anilines is 3. The zero-order chi connectivity index (χ0) is 35.5. The Bertz CT molecular complexity index is 2530. The molecule has 0 aliphatic heterocycles. The van der Waals surface area contributed by atoms with Gasteiger partial charge in [0.25, 0.3) is 0 Å². The lowest BCUT2D eigenvalue weighted by Crippen LogP contribution is -2.43. The van der Waals surface area contributed by atoms with E-state index in [0.717, 1.165) is 5.69 Å². The van der Waals surface area contributed by atoms with E-state index in [1.165, 1.54) is 77.4 Å². The van der Waals surface area contributed by atoms with Crippen LogP contribution in [0.25, 0.3) is 43.8 Å². The summed E-state index contributed by atoms with van der Waals surface area (Å²) in [4.78, 5) is 2.47. The number of hydrogen-bond donors (Lipinski definition) is 0. The minimum absolute atomic E-state index is 0.00517. The van der Waals surface area contributed by atoms with Gasteiger partial charge in [-0.2, -0.15) is 0 Å². The molecule has 0 heterocycles. The summed E-state index contributed by atoms with van der Waals surface area (Å²) in [6.45, 7) is 19.3. The van der Waals surface area contributed by atoms with E-state index in [1.807, 2.05) is 0 Å². The van der Waals surface area contributed by atoms with E-state index in [9.17, 15) is 0 Å². The van der Waals surface area contributed by atoms with Crippen LogP contribution in [0, 0.1) is 0 Å². The third kappa shape index (κ3) is 4.21. The Morgan fingerprint density at radius 1 is 0.333 bits per heavy atom. The number of rotatable bonds is 3. The van der Waals surface area contributed by atoms with Crippen LogP contribution in [0.1, 0.15) is 77.6 Å². The lowest BCUT2D eigenvalue weighted by Gasteiger charge is -2.48. The Labute approximate surface area is 303 Å². The van der Waals surface area contributed by atoms with Gasteiger partial charge in [0, 0.05) is 16.8 Å². The van der Waals surface area contributed by atoms with Crippen molar-refractivity contribution < 1.29 is 0 Å². The Morgan fingerprint density at radius 3 is 1.59 bits per heavy atom. The summed E-state index contributed by atoms with van der Waals surface area (Å²) in [7, 11) is 0. The molecule has 7 aromatic rings. The van der Waals surface area contributed by atoms with E-state index >= 15 is 0 Å². The van der Waals surface area contributed by atoms with Gasteiger partial charge in [-0.05, 0) is 113 Å². The van der Waals surface area contributed by atoms with Gasteiger partial charge in [-0.25, -0.2) is 0 Å². The molecule has 0 bridgehead atoms. The molecule has 0 amide bonds. The second-order valence-corrected chi connectivity index (χ2v) is 17.0. The van der Waals surface area contributed by atoms with Crippen molar-refractivity contribution in [3.05, 3.63) is 162 Å². The van der Waals surface area contributed by atoms with Crippen molar-refractivity contribution in [3.63, 3.8) is 0 Å². The molecule has 1 nitrogen and oxygen atoms in total. The highest BCUT2D eigenvalue weighted by molar-refractivity contribution is 6.17. The largest absolute Gasteiger partial charge is 0.310 e. The summed E-state index contributed by atoms with van der Waals surface area (Å²) in [5.74, 6) is 0. The van der Waals surface area contributed by atoms with Crippen LogP contribution in [0.5, 0.6) is 0 Å². The number of nitrogens with zero attached hydrogens (tertiary/aromatic N) is 1. The van der Waals surface area contributed by atoms with E-state index < -0.39 is 0 Å². The normalized spacial score (nSPS) is 17.3. The molecular formula is C50H47N. The Hall–Kier alpha value is -5.14. The molecule has 0 N–H and O–H groups in total. The monoisotopic (exact) mass is 661 g/mol. The number of hydrogen-bond acceptors (Lipinski definition) is 1. The maximum absolute atomic E-state index is 2.47. The molecule has 1 heteroatoms. The SMILES string of the molecule is CC1(C)c2ccccc2-c2ccc(N(c3ccccc3)c3cccc4c3ccc3c5c(ccc34)C(C)(C)C(C)(C)c3ccccc3-5)cc2C1(C)C. The molecule has 0 saturated heterocycles. The van der Waals surface area contributed by atoms with Crippen LogP contribution in [0.15, 0.2) is 140 Å². The molecule has 0 fully saturated rings. The van der Waals surface area contributed by atoms with Gasteiger partial charge < -0.3 is 4.90 Å². The van der Waals surface area contributed by atoms with Gasteiger partial charge in [0.1, 0.15) is 0 Å². The van der Waals surface area contributed by atoms with E-state index in [-0.39, 0.29) is 21.7 Å². The molecular weight excluding hydrogens is 615 g/mol. The van der Waals surface area contributed by atoms with Crippen molar-refractivity contribution in [2.75, 3.05) is 4.90 Å². The number of fused-ring (bicyclic) bond motifs is 10. The smallest absolute Gasteiger partial charge is 0.0540 e. The molecule has 0 unspecified atom stereocenters. The molecule has 9 rings (SSSR count). The molecule has 0 radical (unpaired) electrons. The summed E-state index contributed by atoms with van der Waals surface area (Å²) >= 11 is 0. The fraction of sp³-hybridized carbons (Fsp3) is 0.240. The van der Waals surface area contributed by atoms with Gasteiger partial charge in [0.05, 0.1) is 5.69 Å². The average molecular weight is 662 g/mol. The second kappa shape index (κ2) is 10.7. The standard InChI is InChI=1S/C50H47N/c1-47(2)41-22-14-12-19-36(41)37-26-25-33(31-44(37)50(47,7)8)51(32-17-10-9-11-18-32)45-24-16-21-34-35-29-30-43-46(39(35)28-27-38(34)45)40-20-13-15-23-42(40)48(3,4)49(43,5)6/h9-31H,1-8H3. The lowest BCUT2D eigenvalue weighted by molar-refractivity contribution is 0.299. The summed E-state index contributed by atoms with van der Waals surface area (Å²) < 4.78 is 0. The molecule has 0 saturated carbocycles. The first-order valence-electron chi connectivity index (χ1n) is 18.5. The number of benzene rings is 7. The average Bonchev–Trinajstić information content (AvgIpc) is 3.13. The summed E-state index contributed by atoms with van der Waals surface area (Å²) in [5.41, 5.74) is 14.5. The Morgan fingerprint density at radius 2 is 0.863 bits per heavy atom. The van der Waals surface area contributed by atoms with Gasteiger partial charge >= 0.3 is 0 Å². The van der Waals surface area contributed by atoms with Gasteiger partial charge in [0.2, 0.25) is 0 Å². The highest BCUT2D eigenvalue weighted by atomic mass is 15.1. The third-order valence-electron chi connectivity index (χ3n) is 13.8. The maximum atomic E-state index is 2.47. The third-order valence-corrected chi connectivity index (χ3v) is 13.8. The molecule has 2 aliphatic rings. The van der Waals surface area contributed by atoms with Gasteiger partial charge in [-0.3, -0.25) is 0 Å². The molecule has 0 spiro atoms. The Kier molecular flexibility index (Phi) is 6.67. The van der Waals surface area contributed by atoms with Gasteiger partial charge in [-0.1, -0.05) is 165 Å². The summed E-state index contributed by atoms with van der Waals surface area (Å²) in [6.07, 6.45) is 0. The zero-order valence-corrected chi connectivity index (χ0v) is 31.2. The first kappa shape index (κ1) is 31.8. The van der Waals surface area contributed by atoms with Crippen molar-refractivity contribution in [1.29, 1.82) is 0 Å². The highest BCUT2D eigenvalue weighted by Gasteiger charge is 2.47. The minimum atomic E-state index is -0.0816. The lowest BCUT2D eigenvalue weighted by atomic mass is 9.55. The fourth-order valence-corrected chi connectivity index (χ4v) is 9.45. The van der Waals surface area contributed by atoms with E-state index in [1.54, 1.807) is 0 Å². The van der Waals surface area contributed by atoms with E-state index in [4.69, 9.17) is 0 Å². The minimum Gasteiger partial charge on any atom is -0.310 e. The molecule has 252 valence electrons. The first-order valence-corrected chi connectivity index (χ1v) is 18.5. The zero-order valence-electron chi connectivity index (χ0n) is 31.2. The summed E-state index contributed by atoms with van der Waals surface area (Å²) in [6, 6.07) is 52.5. The Balaban J connectivity index is 1.29. The van der Waals surface area contributed by atoms with Gasteiger partial charge in [0.15, 0.2) is 0 Å². The summed E-state index contributed by atoms with van der Waals surface area (Å²) in [5, 5.41) is 5.16. The van der Waals surface area contributed by atoms with Crippen LogP contribution >= 0.6 is 0 Å². The van der Waals surface area contributed by atoms with Crippen molar-refractivity contribution >= 4 is 38.6 Å². The molecule has 0 aromatic heterocycles. The second-order valence-electron chi connectivity index (χ2n) is 17.0. The van der Waals surface area contributed by atoms with Crippen LogP contribution in [0.3, 0.4) is 0 Å². The van der Waals surface area contributed by atoms with Crippen molar-refractivity contribution in [1.82, 2.24) is 0 Å². The fourth-order valence-electron chi connectivity index (χ4n) is 9.45. The predicted molar refractivity (Wildman–Crippen MR) is 219 cm³/mol. The van der Waals surface area contributed by atoms with Crippen molar-refractivity contribution in [3.8, 4) is 22.3 Å². The van der Waals surface area contributed by atoms with Gasteiger partial charge in [-0.15, -0.1) is 0 Å². The van der Waals surface area contributed by atoms with Crippen LogP contribution in [0.4, 0.5) is 17.1 Å². The van der Waals surface area contributed by atoms with Crippen molar-refractivity contribution in [2.24, 2.45) is 0 Å². The highest BCUT2D eigenvalue weighted by Crippen LogP contribution is 2.57. The predicted octanol–water partition coefficient (Wildman–Crippen LogP) is 13.9. The topological polar surface area (TPSA) is 3.24 Å². The quantitative estimate of drug-likeness (QED) is 0.170.